The van der Waals surface area contributed by atoms with E-state index in [0.717, 1.165) is 11.1 Å². The molecule has 0 radical (unpaired) electrons. The second-order valence-electron chi connectivity index (χ2n) is 4.98. The summed E-state index contributed by atoms with van der Waals surface area (Å²) in [5, 5.41) is 0. The first-order valence-corrected chi connectivity index (χ1v) is 7.70. The molecule has 0 aromatic carbocycles. The number of ether oxygens (including phenoxy) is 2. The molecule has 0 saturated heterocycles. The van der Waals surface area contributed by atoms with Crippen LogP contribution in [0.1, 0.15) is 20.8 Å². The highest BCUT2D eigenvalue weighted by Crippen LogP contribution is 2.16. The Morgan fingerprint density at radius 1 is 1.08 bits per heavy atom. The molecule has 0 bridgehead atoms. The van der Waals surface area contributed by atoms with E-state index in [2.05, 4.69) is 23.7 Å². The first-order chi connectivity index (χ1) is 12.0. The number of carbonyl (C=O) groups is 2. The summed E-state index contributed by atoms with van der Waals surface area (Å²) in [6.07, 6.45) is 9.59. The second kappa shape index (κ2) is 10.5. The van der Waals surface area contributed by atoms with E-state index in [9.17, 15) is 9.59 Å². The normalized spacial score (nSPS) is 23.0. The molecular weight excluding hydrogens is 316 g/mol. The molecule has 4 nitrogen and oxygen atoms in total. The van der Waals surface area contributed by atoms with Crippen LogP contribution >= 0.6 is 0 Å². The van der Waals surface area contributed by atoms with E-state index < -0.39 is 11.9 Å². The summed E-state index contributed by atoms with van der Waals surface area (Å²) in [7, 11) is 1.28. The van der Waals surface area contributed by atoms with Gasteiger partial charge in [0.25, 0.3) is 0 Å². The molecule has 25 heavy (non-hydrogen) atoms. The minimum atomic E-state index is -0.566. The van der Waals surface area contributed by atoms with Crippen LogP contribution < -0.4 is 0 Å². The third-order valence-electron chi connectivity index (χ3n) is 2.98. The number of allylic oxidation sites excluding steroid dienone is 7. The summed E-state index contributed by atoms with van der Waals surface area (Å²) in [4.78, 5) is 24.0. The van der Waals surface area contributed by atoms with Crippen LogP contribution in [-0.2, 0) is 19.1 Å². The molecule has 4 heteroatoms. The van der Waals surface area contributed by atoms with Gasteiger partial charge in [0.05, 0.1) is 19.3 Å². The SMILES string of the molecule is CCOC(=O)/C=C1/C=C/C=C(/C)C#CC#C/C(C)=C/C=C/1C(=O)OC. The van der Waals surface area contributed by atoms with E-state index in [4.69, 9.17) is 9.47 Å². The van der Waals surface area contributed by atoms with Crippen LogP contribution in [0.25, 0.3) is 0 Å². The standard InChI is InChI=1S/C21H20O4/c1-5-25-20(22)15-18-12-8-11-16(2)9-6-7-10-17(3)13-14-19(18)21(23)24-4/h8,11-15H,5H2,1-4H3/b12-8+,16-11-,17-13+,18-15-,19-14-. The zero-order valence-corrected chi connectivity index (χ0v) is 14.8. The second-order valence-corrected chi connectivity index (χ2v) is 4.98. The van der Waals surface area contributed by atoms with Crippen molar-refractivity contribution in [3.8, 4) is 23.7 Å². The molecule has 0 unspecified atom stereocenters. The number of esters is 2. The lowest BCUT2D eigenvalue weighted by molar-refractivity contribution is -0.137. The lowest BCUT2D eigenvalue weighted by Crippen LogP contribution is -2.09. The molecule has 0 aliphatic heterocycles. The Balaban J connectivity index is 3.53. The average molecular weight is 336 g/mol. The van der Waals surface area contributed by atoms with Crippen LogP contribution in [-0.4, -0.2) is 25.7 Å². The maximum Gasteiger partial charge on any atom is 0.338 e. The minimum Gasteiger partial charge on any atom is -0.465 e. The zero-order valence-electron chi connectivity index (χ0n) is 14.8. The summed E-state index contributed by atoms with van der Waals surface area (Å²) >= 11 is 0. The van der Waals surface area contributed by atoms with Gasteiger partial charge in [0.1, 0.15) is 0 Å². The van der Waals surface area contributed by atoms with Gasteiger partial charge in [0.2, 0.25) is 0 Å². The van der Waals surface area contributed by atoms with Crippen LogP contribution in [0, 0.1) is 23.7 Å². The Bertz CT molecular complexity index is 809. The largest absolute Gasteiger partial charge is 0.465 e. The van der Waals surface area contributed by atoms with Crippen molar-refractivity contribution < 1.29 is 19.1 Å². The van der Waals surface area contributed by atoms with E-state index in [0.29, 0.717) is 5.57 Å². The average Bonchev–Trinajstić information content (AvgIpc) is 2.59. The summed E-state index contributed by atoms with van der Waals surface area (Å²) in [5.41, 5.74) is 2.11. The fourth-order valence-corrected chi connectivity index (χ4v) is 1.77. The van der Waals surface area contributed by atoms with Crippen LogP contribution in [0.4, 0.5) is 0 Å². The van der Waals surface area contributed by atoms with Crippen molar-refractivity contribution in [1.29, 1.82) is 0 Å². The van der Waals surface area contributed by atoms with Crippen molar-refractivity contribution in [3.05, 3.63) is 58.7 Å². The van der Waals surface area contributed by atoms with Gasteiger partial charge in [-0.15, -0.1) is 0 Å². The number of hydrogen-bond acceptors (Lipinski definition) is 4. The highest BCUT2D eigenvalue weighted by molar-refractivity contribution is 5.97. The van der Waals surface area contributed by atoms with Crippen molar-refractivity contribution in [2.45, 2.75) is 20.8 Å². The maximum absolute atomic E-state index is 12.1. The molecule has 1 rings (SSSR count). The zero-order chi connectivity index (χ0) is 18.7. The highest BCUT2D eigenvalue weighted by Gasteiger charge is 2.14. The van der Waals surface area contributed by atoms with Crippen molar-refractivity contribution in [2.24, 2.45) is 0 Å². The van der Waals surface area contributed by atoms with Crippen molar-refractivity contribution >= 4 is 11.9 Å². The topological polar surface area (TPSA) is 52.6 Å². The van der Waals surface area contributed by atoms with E-state index in [1.165, 1.54) is 13.2 Å². The molecule has 0 fully saturated rings. The Labute approximate surface area is 148 Å². The summed E-state index contributed by atoms with van der Waals surface area (Å²) in [6, 6.07) is 0. The van der Waals surface area contributed by atoms with Gasteiger partial charge in [-0.25, -0.2) is 9.59 Å². The van der Waals surface area contributed by atoms with Crippen LogP contribution in [0.15, 0.2) is 58.7 Å². The van der Waals surface area contributed by atoms with Gasteiger partial charge in [-0.05, 0) is 55.4 Å². The first-order valence-electron chi connectivity index (χ1n) is 7.70. The smallest absolute Gasteiger partial charge is 0.338 e. The number of methoxy groups -OCH3 is 1. The predicted octanol–water partition coefficient (Wildman–Crippen LogP) is 3.04. The van der Waals surface area contributed by atoms with Crippen LogP contribution in [0.3, 0.4) is 0 Å². The van der Waals surface area contributed by atoms with Gasteiger partial charge in [0.15, 0.2) is 0 Å². The first kappa shape index (κ1) is 19.8. The monoisotopic (exact) mass is 336 g/mol. The molecule has 0 aromatic heterocycles. The molecule has 0 amide bonds. The van der Waals surface area contributed by atoms with Crippen molar-refractivity contribution in [3.63, 3.8) is 0 Å². The fourth-order valence-electron chi connectivity index (χ4n) is 1.77. The van der Waals surface area contributed by atoms with E-state index >= 15 is 0 Å². The molecule has 0 spiro atoms. The quantitative estimate of drug-likeness (QED) is 0.452. The molecule has 0 atom stereocenters. The predicted molar refractivity (Wildman–Crippen MR) is 97.0 cm³/mol. The molecule has 0 aromatic rings. The lowest BCUT2D eigenvalue weighted by Gasteiger charge is -2.06. The number of carbonyl (C=O) groups excluding carboxylic acids is 2. The highest BCUT2D eigenvalue weighted by atomic mass is 16.5. The van der Waals surface area contributed by atoms with Crippen molar-refractivity contribution in [2.75, 3.05) is 13.7 Å². The van der Waals surface area contributed by atoms with Gasteiger partial charge in [-0.1, -0.05) is 36.1 Å². The van der Waals surface area contributed by atoms with E-state index in [1.54, 1.807) is 44.2 Å². The molecular formula is C21H20O4. The van der Waals surface area contributed by atoms with Crippen LogP contribution in [0.5, 0.6) is 0 Å². The summed E-state index contributed by atoms with van der Waals surface area (Å²) < 4.78 is 9.76. The molecule has 128 valence electrons. The Morgan fingerprint density at radius 2 is 1.72 bits per heavy atom. The molecule has 0 heterocycles. The van der Waals surface area contributed by atoms with Gasteiger partial charge >= 0.3 is 11.9 Å². The Kier molecular flexibility index (Phi) is 8.33. The Hall–Kier alpha value is -3.24. The third kappa shape index (κ3) is 7.24. The molecule has 1 aliphatic rings. The van der Waals surface area contributed by atoms with Crippen LogP contribution in [0.2, 0.25) is 0 Å². The Morgan fingerprint density at radius 3 is 2.32 bits per heavy atom. The number of hydrogen-bond donors (Lipinski definition) is 0. The van der Waals surface area contributed by atoms with Gasteiger partial charge < -0.3 is 9.47 Å². The summed E-state index contributed by atoms with van der Waals surface area (Å²) in [6.45, 7) is 5.59. The van der Waals surface area contributed by atoms with Gasteiger partial charge in [-0.3, -0.25) is 0 Å². The minimum absolute atomic E-state index is 0.221. The van der Waals surface area contributed by atoms with Crippen molar-refractivity contribution in [1.82, 2.24) is 0 Å². The molecule has 0 saturated carbocycles. The lowest BCUT2D eigenvalue weighted by atomic mass is 10.0. The van der Waals surface area contributed by atoms with Gasteiger partial charge in [-0.2, -0.15) is 0 Å². The summed E-state index contributed by atoms with van der Waals surface area (Å²) in [5.74, 6) is 10.2. The number of rotatable bonds is 3. The van der Waals surface area contributed by atoms with Gasteiger partial charge in [0, 0.05) is 6.08 Å². The fraction of sp³-hybridized carbons (Fsp3) is 0.238. The maximum atomic E-state index is 12.1. The molecule has 1 aliphatic carbocycles. The third-order valence-corrected chi connectivity index (χ3v) is 2.98. The van der Waals surface area contributed by atoms with E-state index in [-0.39, 0.29) is 12.2 Å². The van der Waals surface area contributed by atoms with E-state index in [1.807, 2.05) is 6.92 Å². The molecule has 0 N–H and O–H groups in total.